The molecule has 7 heteroatoms. The van der Waals surface area contributed by atoms with Crippen molar-refractivity contribution in [3.63, 3.8) is 0 Å². The van der Waals surface area contributed by atoms with Crippen LogP contribution in [-0.2, 0) is 4.79 Å². The lowest BCUT2D eigenvalue weighted by atomic mass is 10.2. The lowest BCUT2D eigenvalue weighted by Crippen LogP contribution is -2.50. The maximum atomic E-state index is 12.8. The van der Waals surface area contributed by atoms with Crippen LogP contribution in [0.1, 0.15) is 16.1 Å². The first-order chi connectivity index (χ1) is 14.0. The summed E-state index contributed by atoms with van der Waals surface area (Å²) >= 11 is 3.43. The number of aromatic amines is 1. The Bertz CT molecular complexity index is 1020. The number of para-hydroxylation sites is 1. The van der Waals surface area contributed by atoms with Gasteiger partial charge in [-0.1, -0.05) is 34.1 Å². The number of hydrogen-bond acceptors (Lipinski definition) is 3. The maximum Gasteiger partial charge on any atom is 0.270 e. The molecular weight excluding hydrogens is 432 g/mol. The Balaban J connectivity index is 1.30. The molecule has 0 unspecified atom stereocenters. The third-order valence-electron chi connectivity index (χ3n) is 5.25. The van der Waals surface area contributed by atoms with Gasteiger partial charge in [-0.05, 0) is 42.8 Å². The van der Waals surface area contributed by atoms with E-state index in [4.69, 9.17) is 0 Å². The van der Waals surface area contributed by atoms with E-state index in [0.717, 1.165) is 26.6 Å². The van der Waals surface area contributed by atoms with Crippen LogP contribution in [0.15, 0.2) is 53.0 Å². The minimum Gasteiger partial charge on any atom is -0.351 e. The number of anilines is 1. The number of hydrogen-bond donors (Lipinski definition) is 2. The van der Waals surface area contributed by atoms with Gasteiger partial charge < -0.3 is 15.2 Å². The van der Waals surface area contributed by atoms with Gasteiger partial charge in [0.15, 0.2) is 0 Å². The molecule has 2 aromatic carbocycles. The minimum absolute atomic E-state index is 0.00999. The summed E-state index contributed by atoms with van der Waals surface area (Å²) in [5.41, 5.74) is 3.42. The quantitative estimate of drug-likeness (QED) is 0.632. The molecule has 2 amide bonds. The average Bonchev–Trinajstić information content (AvgIpc) is 3.14. The Morgan fingerprint density at radius 2 is 1.83 bits per heavy atom. The summed E-state index contributed by atoms with van der Waals surface area (Å²) < 4.78 is 0.990. The van der Waals surface area contributed by atoms with Crippen LogP contribution in [-0.4, -0.2) is 59.3 Å². The number of benzene rings is 2. The minimum atomic E-state index is -0.0363. The van der Waals surface area contributed by atoms with E-state index in [9.17, 15) is 9.59 Å². The summed E-state index contributed by atoms with van der Waals surface area (Å²) in [6.45, 7) is 4.87. The zero-order chi connectivity index (χ0) is 20.4. The van der Waals surface area contributed by atoms with Gasteiger partial charge >= 0.3 is 0 Å². The SMILES string of the molecule is Cc1cc(Br)ccc1NC(=O)CN1CCN(C(=O)c2cc3ccccc3[nH]2)CC1. The molecule has 1 fully saturated rings. The molecule has 0 radical (unpaired) electrons. The zero-order valence-corrected chi connectivity index (χ0v) is 17.8. The molecule has 0 aliphatic carbocycles. The van der Waals surface area contributed by atoms with E-state index in [0.29, 0.717) is 38.4 Å². The van der Waals surface area contributed by atoms with Crippen molar-refractivity contribution in [2.45, 2.75) is 6.92 Å². The first kappa shape index (κ1) is 19.7. The van der Waals surface area contributed by atoms with Crippen molar-refractivity contribution in [2.24, 2.45) is 0 Å². The van der Waals surface area contributed by atoms with Crippen molar-refractivity contribution in [3.05, 3.63) is 64.3 Å². The number of carbonyl (C=O) groups is 2. The van der Waals surface area contributed by atoms with Crippen molar-refractivity contribution < 1.29 is 9.59 Å². The second-order valence-corrected chi connectivity index (χ2v) is 8.26. The molecule has 6 nitrogen and oxygen atoms in total. The van der Waals surface area contributed by atoms with E-state index in [1.807, 2.05) is 60.4 Å². The molecule has 1 aliphatic heterocycles. The molecule has 1 saturated heterocycles. The Morgan fingerprint density at radius 1 is 1.07 bits per heavy atom. The van der Waals surface area contributed by atoms with Crippen LogP contribution in [0.4, 0.5) is 5.69 Å². The van der Waals surface area contributed by atoms with Crippen LogP contribution in [0.25, 0.3) is 10.9 Å². The Kier molecular flexibility index (Phi) is 5.69. The summed E-state index contributed by atoms with van der Waals surface area (Å²) in [6.07, 6.45) is 0. The van der Waals surface area contributed by atoms with Crippen LogP contribution in [0, 0.1) is 6.92 Å². The van der Waals surface area contributed by atoms with Gasteiger partial charge in [0.25, 0.3) is 5.91 Å². The van der Waals surface area contributed by atoms with E-state index in [1.54, 1.807) is 0 Å². The smallest absolute Gasteiger partial charge is 0.270 e. The van der Waals surface area contributed by atoms with E-state index >= 15 is 0 Å². The molecule has 1 aliphatic rings. The van der Waals surface area contributed by atoms with Crippen LogP contribution >= 0.6 is 15.9 Å². The first-order valence-corrected chi connectivity index (χ1v) is 10.4. The molecule has 0 saturated carbocycles. The monoisotopic (exact) mass is 454 g/mol. The molecule has 0 bridgehead atoms. The normalized spacial score (nSPS) is 14.9. The van der Waals surface area contributed by atoms with E-state index in [2.05, 4.69) is 31.1 Å². The van der Waals surface area contributed by atoms with Crippen LogP contribution < -0.4 is 5.32 Å². The van der Waals surface area contributed by atoms with Crippen LogP contribution in [0.3, 0.4) is 0 Å². The van der Waals surface area contributed by atoms with E-state index in [1.165, 1.54) is 0 Å². The number of nitrogens with zero attached hydrogens (tertiary/aromatic N) is 2. The van der Waals surface area contributed by atoms with Gasteiger partial charge in [0.05, 0.1) is 6.54 Å². The zero-order valence-electron chi connectivity index (χ0n) is 16.2. The van der Waals surface area contributed by atoms with Gasteiger partial charge in [0.1, 0.15) is 5.69 Å². The summed E-state index contributed by atoms with van der Waals surface area (Å²) in [5, 5.41) is 4.01. The highest BCUT2D eigenvalue weighted by Crippen LogP contribution is 2.20. The lowest BCUT2D eigenvalue weighted by Gasteiger charge is -2.34. The second-order valence-electron chi connectivity index (χ2n) is 7.35. The number of aryl methyl sites for hydroxylation is 1. The Morgan fingerprint density at radius 3 is 2.55 bits per heavy atom. The molecular formula is C22H23BrN4O2. The van der Waals surface area contributed by atoms with Crippen molar-refractivity contribution in [1.82, 2.24) is 14.8 Å². The number of aromatic nitrogens is 1. The lowest BCUT2D eigenvalue weighted by molar-refractivity contribution is -0.117. The molecule has 4 rings (SSSR count). The fourth-order valence-corrected chi connectivity index (χ4v) is 4.10. The number of carbonyl (C=O) groups excluding carboxylic acids is 2. The van der Waals surface area contributed by atoms with Crippen LogP contribution in [0.5, 0.6) is 0 Å². The molecule has 150 valence electrons. The van der Waals surface area contributed by atoms with Gasteiger partial charge in [-0.25, -0.2) is 0 Å². The summed E-state index contributed by atoms with van der Waals surface area (Å²) in [5.74, 6) is -0.0263. The molecule has 2 heterocycles. The standard InChI is InChI=1S/C22H23BrN4O2/c1-15-12-17(23)6-7-18(15)25-21(28)14-26-8-10-27(11-9-26)22(29)20-13-16-4-2-3-5-19(16)24-20/h2-7,12-13,24H,8-11,14H2,1H3,(H,25,28). The highest BCUT2D eigenvalue weighted by atomic mass is 79.9. The predicted octanol–water partition coefficient (Wildman–Crippen LogP) is 3.64. The van der Waals surface area contributed by atoms with Gasteiger partial charge in [0, 0.05) is 47.2 Å². The van der Waals surface area contributed by atoms with Crippen molar-refractivity contribution in [3.8, 4) is 0 Å². The molecule has 29 heavy (non-hydrogen) atoms. The van der Waals surface area contributed by atoms with E-state index < -0.39 is 0 Å². The van der Waals surface area contributed by atoms with Gasteiger partial charge in [-0.2, -0.15) is 0 Å². The largest absolute Gasteiger partial charge is 0.351 e. The van der Waals surface area contributed by atoms with Gasteiger partial charge in [0.2, 0.25) is 5.91 Å². The number of H-pyrrole nitrogens is 1. The molecule has 2 N–H and O–H groups in total. The fraction of sp³-hybridized carbons (Fsp3) is 0.273. The summed E-state index contributed by atoms with van der Waals surface area (Å²) in [6, 6.07) is 15.6. The van der Waals surface area contributed by atoms with Gasteiger partial charge in [-0.15, -0.1) is 0 Å². The first-order valence-electron chi connectivity index (χ1n) is 9.65. The number of piperazine rings is 1. The molecule has 1 aromatic heterocycles. The Hall–Kier alpha value is -2.64. The third kappa shape index (κ3) is 4.52. The number of nitrogens with one attached hydrogen (secondary N) is 2. The third-order valence-corrected chi connectivity index (χ3v) is 5.74. The van der Waals surface area contributed by atoms with Crippen LogP contribution in [0.2, 0.25) is 0 Å². The molecule has 0 spiro atoms. The van der Waals surface area contributed by atoms with E-state index in [-0.39, 0.29) is 11.8 Å². The molecule has 3 aromatic rings. The highest BCUT2D eigenvalue weighted by Gasteiger charge is 2.24. The summed E-state index contributed by atoms with van der Waals surface area (Å²) in [4.78, 5) is 32.3. The van der Waals surface area contributed by atoms with Crippen molar-refractivity contribution in [2.75, 3.05) is 38.0 Å². The maximum absolute atomic E-state index is 12.8. The highest BCUT2D eigenvalue weighted by molar-refractivity contribution is 9.10. The second kappa shape index (κ2) is 8.39. The van der Waals surface area contributed by atoms with Crippen molar-refractivity contribution in [1.29, 1.82) is 0 Å². The summed E-state index contributed by atoms with van der Waals surface area (Å²) in [7, 11) is 0. The van der Waals surface area contributed by atoms with Crippen molar-refractivity contribution >= 4 is 44.3 Å². The topological polar surface area (TPSA) is 68.4 Å². The number of rotatable bonds is 4. The Labute approximate surface area is 178 Å². The van der Waals surface area contributed by atoms with Gasteiger partial charge in [-0.3, -0.25) is 14.5 Å². The average molecular weight is 455 g/mol. The number of fused-ring (bicyclic) bond motifs is 1. The fourth-order valence-electron chi connectivity index (χ4n) is 3.63. The number of halogens is 1. The predicted molar refractivity (Wildman–Crippen MR) is 118 cm³/mol. The molecule has 0 atom stereocenters. The number of amides is 2.